The zero-order valence-corrected chi connectivity index (χ0v) is 9.44. The summed E-state index contributed by atoms with van der Waals surface area (Å²) >= 11 is 0. The van der Waals surface area contributed by atoms with E-state index in [1.807, 2.05) is 19.9 Å². The first-order chi connectivity index (χ1) is 7.18. The highest BCUT2D eigenvalue weighted by Crippen LogP contribution is 2.21. The molecule has 1 N–H and O–H groups in total. The lowest BCUT2D eigenvalue weighted by Gasteiger charge is -2.14. The maximum atomic E-state index is 13.7. The second-order valence-electron chi connectivity index (χ2n) is 4.47. The van der Waals surface area contributed by atoms with Crippen LogP contribution in [0.3, 0.4) is 0 Å². The van der Waals surface area contributed by atoms with Crippen molar-refractivity contribution in [3.8, 4) is 0 Å². The van der Waals surface area contributed by atoms with Crippen molar-refractivity contribution < 1.29 is 4.39 Å². The number of hydrogen-bond donors (Lipinski definition) is 1. The van der Waals surface area contributed by atoms with Crippen molar-refractivity contribution in [2.75, 3.05) is 6.54 Å². The van der Waals surface area contributed by atoms with Crippen molar-refractivity contribution in [3.05, 3.63) is 34.6 Å². The zero-order chi connectivity index (χ0) is 10.8. The van der Waals surface area contributed by atoms with Gasteiger partial charge in [-0.3, -0.25) is 0 Å². The Balaban J connectivity index is 2.22. The molecule has 1 aromatic rings. The summed E-state index contributed by atoms with van der Waals surface area (Å²) in [6.07, 6.45) is 3.23. The Morgan fingerprint density at radius 2 is 2.20 bits per heavy atom. The molecule has 0 spiro atoms. The van der Waals surface area contributed by atoms with Gasteiger partial charge >= 0.3 is 0 Å². The molecule has 1 fully saturated rings. The normalized spacial score (nSPS) is 20.9. The Labute approximate surface area is 90.7 Å². The van der Waals surface area contributed by atoms with E-state index >= 15 is 0 Å². The number of nitrogens with one attached hydrogen (secondary N) is 1. The van der Waals surface area contributed by atoms with E-state index in [9.17, 15) is 4.39 Å². The van der Waals surface area contributed by atoms with Gasteiger partial charge in [-0.25, -0.2) is 4.39 Å². The first-order valence-electron chi connectivity index (χ1n) is 5.66. The van der Waals surface area contributed by atoms with Crippen molar-refractivity contribution in [3.63, 3.8) is 0 Å². The van der Waals surface area contributed by atoms with E-state index in [0.717, 1.165) is 24.1 Å². The van der Waals surface area contributed by atoms with Gasteiger partial charge in [-0.15, -0.1) is 0 Å². The third kappa shape index (κ3) is 2.20. The van der Waals surface area contributed by atoms with Gasteiger partial charge in [0.2, 0.25) is 0 Å². The molecular weight excluding hydrogens is 189 g/mol. The molecule has 2 rings (SSSR count). The molecule has 0 bridgehead atoms. The summed E-state index contributed by atoms with van der Waals surface area (Å²) in [7, 11) is 0. The van der Waals surface area contributed by atoms with Gasteiger partial charge < -0.3 is 5.32 Å². The smallest absolute Gasteiger partial charge is 0.126 e. The van der Waals surface area contributed by atoms with E-state index in [2.05, 4.69) is 5.32 Å². The van der Waals surface area contributed by atoms with Crippen LogP contribution >= 0.6 is 0 Å². The second kappa shape index (κ2) is 4.31. The largest absolute Gasteiger partial charge is 0.314 e. The lowest BCUT2D eigenvalue weighted by atomic mass is 9.96. The summed E-state index contributed by atoms with van der Waals surface area (Å²) in [5.74, 6) is -0.0493. The van der Waals surface area contributed by atoms with Crippen molar-refractivity contribution in [1.29, 1.82) is 0 Å². The van der Waals surface area contributed by atoms with Gasteiger partial charge in [0.1, 0.15) is 5.82 Å². The van der Waals surface area contributed by atoms with E-state index < -0.39 is 0 Å². The van der Waals surface area contributed by atoms with Crippen molar-refractivity contribution in [2.45, 2.75) is 39.2 Å². The van der Waals surface area contributed by atoms with Crippen LogP contribution in [0, 0.1) is 19.7 Å². The average Bonchev–Trinajstić information content (AvgIpc) is 2.71. The number of hydrogen-bond acceptors (Lipinski definition) is 1. The number of rotatable bonds is 2. The first kappa shape index (κ1) is 10.6. The molecule has 1 heterocycles. The Hall–Kier alpha value is -0.890. The molecule has 0 radical (unpaired) electrons. The Bertz CT molecular complexity index is 354. The van der Waals surface area contributed by atoms with Crippen LogP contribution < -0.4 is 5.32 Å². The van der Waals surface area contributed by atoms with Crippen LogP contribution in [-0.4, -0.2) is 12.6 Å². The summed E-state index contributed by atoms with van der Waals surface area (Å²) in [5.41, 5.74) is 3.20. The molecule has 1 aromatic carbocycles. The standard InChI is InChI=1S/C13H18FN/c1-9-5-6-13(14)12(10(9)2)8-11-4-3-7-15-11/h5-6,11,15H,3-4,7-8H2,1-2H3. The van der Waals surface area contributed by atoms with Crippen LogP contribution in [0.15, 0.2) is 12.1 Å². The summed E-state index contributed by atoms with van der Waals surface area (Å²) < 4.78 is 13.7. The molecule has 15 heavy (non-hydrogen) atoms. The molecule has 82 valence electrons. The highest BCUT2D eigenvalue weighted by Gasteiger charge is 2.18. The van der Waals surface area contributed by atoms with Gasteiger partial charge in [0.25, 0.3) is 0 Å². The fraction of sp³-hybridized carbons (Fsp3) is 0.538. The molecule has 1 nitrogen and oxygen atoms in total. The van der Waals surface area contributed by atoms with Crippen LogP contribution in [0.25, 0.3) is 0 Å². The number of aryl methyl sites for hydroxylation is 1. The van der Waals surface area contributed by atoms with Crippen molar-refractivity contribution in [1.82, 2.24) is 5.32 Å². The molecule has 1 atom stereocenters. The van der Waals surface area contributed by atoms with Crippen molar-refractivity contribution >= 4 is 0 Å². The highest BCUT2D eigenvalue weighted by molar-refractivity contribution is 5.35. The fourth-order valence-electron chi connectivity index (χ4n) is 2.27. The second-order valence-corrected chi connectivity index (χ2v) is 4.47. The quantitative estimate of drug-likeness (QED) is 0.786. The van der Waals surface area contributed by atoms with Gasteiger partial charge in [-0.1, -0.05) is 6.07 Å². The van der Waals surface area contributed by atoms with E-state index in [1.165, 1.54) is 18.4 Å². The summed E-state index contributed by atoms with van der Waals surface area (Å²) in [6.45, 7) is 5.14. The van der Waals surface area contributed by atoms with Gasteiger partial charge in [0.15, 0.2) is 0 Å². The third-order valence-corrected chi connectivity index (χ3v) is 3.43. The SMILES string of the molecule is Cc1ccc(F)c(CC2CCCN2)c1C. The van der Waals surface area contributed by atoms with Gasteiger partial charge in [-0.05, 0) is 62.4 Å². The van der Waals surface area contributed by atoms with Crippen LogP contribution in [0.4, 0.5) is 4.39 Å². The van der Waals surface area contributed by atoms with E-state index in [0.29, 0.717) is 6.04 Å². The Morgan fingerprint density at radius 3 is 2.87 bits per heavy atom. The molecule has 2 heteroatoms. The molecule has 1 aliphatic rings. The maximum Gasteiger partial charge on any atom is 0.126 e. The predicted octanol–water partition coefficient (Wildman–Crippen LogP) is 2.74. The van der Waals surface area contributed by atoms with E-state index in [1.54, 1.807) is 6.07 Å². The average molecular weight is 207 g/mol. The van der Waals surface area contributed by atoms with Gasteiger partial charge in [-0.2, -0.15) is 0 Å². The van der Waals surface area contributed by atoms with E-state index in [-0.39, 0.29) is 5.82 Å². The monoisotopic (exact) mass is 207 g/mol. The van der Waals surface area contributed by atoms with E-state index in [4.69, 9.17) is 0 Å². The molecule has 0 amide bonds. The lowest BCUT2D eigenvalue weighted by molar-refractivity contribution is 0.557. The molecule has 1 unspecified atom stereocenters. The third-order valence-electron chi connectivity index (χ3n) is 3.43. The summed E-state index contributed by atoms with van der Waals surface area (Å²) in [4.78, 5) is 0. The maximum absolute atomic E-state index is 13.7. The predicted molar refractivity (Wildman–Crippen MR) is 60.6 cm³/mol. The van der Waals surface area contributed by atoms with Crippen molar-refractivity contribution in [2.24, 2.45) is 0 Å². The molecule has 1 saturated heterocycles. The zero-order valence-electron chi connectivity index (χ0n) is 9.44. The number of halogens is 1. The van der Waals surface area contributed by atoms with Gasteiger partial charge in [0.05, 0.1) is 0 Å². The first-order valence-corrected chi connectivity index (χ1v) is 5.66. The van der Waals surface area contributed by atoms with Crippen LogP contribution in [0.1, 0.15) is 29.5 Å². The molecule has 0 aliphatic carbocycles. The number of benzene rings is 1. The highest BCUT2D eigenvalue weighted by atomic mass is 19.1. The topological polar surface area (TPSA) is 12.0 Å². The summed E-state index contributed by atoms with van der Waals surface area (Å²) in [5, 5.41) is 3.41. The fourth-order valence-corrected chi connectivity index (χ4v) is 2.27. The minimum atomic E-state index is -0.0493. The van der Waals surface area contributed by atoms with Crippen LogP contribution in [0.2, 0.25) is 0 Å². The van der Waals surface area contributed by atoms with Gasteiger partial charge in [0, 0.05) is 6.04 Å². The van der Waals surface area contributed by atoms with Crippen LogP contribution in [-0.2, 0) is 6.42 Å². The minimum absolute atomic E-state index is 0.0493. The summed E-state index contributed by atoms with van der Waals surface area (Å²) in [6, 6.07) is 3.92. The molecule has 1 aliphatic heterocycles. The lowest BCUT2D eigenvalue weighted by Crippen LogP contribution is -2.24. The minimum Gasteiger partial charge on any atom is -0.314 e. The Morgan fingerprint density at radius 1 is 1.40 bits per heavy atom. The molecule has 0 aromatic heterocycles. The molecule has 0 saturated carbocycles. The van der Waals surface area contributed by atoms with Crippen LogP contribution in [0.5, 0.6) is 0 Å². The Kier molecular flexibility index (Phi) is 3.06. The molecular formula is C13H18FN.